The molecule has 0 saturated carbocycles. The molecule has 4 nitrogen and oxygen atoms in total. The predicted molar refractivity (Wildman–Crippen MR) is 69.5 cm³/mol. The Balaban J connectivity index is 0.00000144. The third-order valence-electron chi connectivity index (χ3n) is 3.77. The second kappa shape index (κ2) is 7.19. The van der Waals surface area contributed by atoms with Crippen LogP contribution < -0.4 is 5.32 Å². The highest BCUT2D eigenvalue weighted by atomic mass is 35.5. The molecule has 100 valence electrons. The lowest BCUT2D eigenvalue weighted by Crippen LogP contribution is -2.38. The molecule has 0 aromatic heterocycles. The summed E-state index contributed by atoms with van der Waals surface area (Å²) in [4.78, 5) is 13.9. The molecule has 5 heteroatoms. The topological polar surface area (TPSA) is 41.6 Å². The molecule has 2 saturated heterocycles. The molecule has 17 heavy (non-hydrogen) atoms. The summed E-state index contributed by atoms with van der Waals surface area (Å²) in [7, 11) is 1.94. The molecule has 2 aliphatic rings. The fourth-order valence-corrected chi connectivity index (χ4v) is 2.49. The zero-order chi connectivity index (χ0) is 11.4. The van der Waals surface area contributed by atoms with Gasteiger partial charge in [-0.25, -0.2) is 0 Å². The van der Waals surface area contributed by atoms with Gasteiger partial charge in [0.15, 0.2) is 0 Å². The summed E-state index contributed by atoms with van der Waals surface area (Å²) in [5.74, 6) is 0.902. The van der Waals surface area contributed by atoms with Gasteiger partial charge in [0.2, 0.25) is 5.91 Å². The SMILES string of the molecule is CN(C(=O)CCC1CCOC1)C1CCNC1.Cl. The fraction of sp³-hybridized carbons (Fsp3) is 0.917. The van der Waals surface area contributed by atoms with E-state index in [-0.39, 0.29) is 12.4 Å². The van der Waals surface area contributed by atoms with E-state index < -0.39 is 0 Å². The van der Waals surface area contributed by atoms with Gasteiger partial charge in [-0.2, -0.15) is 0 Å². The lowest BCUT2D eigenvalue weighted by atomic mass is 10.0. The molecule has 0 spiro atoms. The van der Waals surface area contributed by atoms with Crippen molar-refractivity contribution in [3.63, 3.8) is 0 Å². The van der Waals surface area contributed by atoms with Crippen LogP contribution in [0.1, 0.15) is 25.7 Å². The van der Waals surface area contributed by atoms with Crippen LogP contribution in [-0.2, 0) is 9.53 Å². The molecule has 1 N–H and O–H groups in total. The Bertz CT molecular complexity index is 239. The molecule has 2 fully saturated rings. The lowest BCUT2D eigenvalue weighted by Gasteiger charge is -2.24. The number of nitrogens with one attached hydrogen (secondary N) is 1. The normalized spacial score (nSPS) is 27.8. The van der Waals surface area contributed by atoms with Crippen LogP contribution in [0.4, 0.5) is 0 Å². The molecule has 0 aromatic rings. The maximum Gasteiger partial charge on any atom is 0.222 e. The highest BCUT2D eigenvalue weighted by Gasteiger charge is 2.24. The average Bonchev–Trinajstić information content (AvgIpc) is 2.96. The van der Waals surface area contributed by atoms with Gasteiger partial charge in [-0.3, -0.25) is 4.79 Å². The third-order valence-corrected chi connectivity index (χ3v) is 3.77. The zero-order valence-corrected chi connectivity index (χ0v) is 11.3. The number of amides is 1. The van der Waals surface area contributed by atoms with Crippen LogP contribution in [-0.4, -0.2) is 50.2 Å². The summed E-state index contributed by atoms with van der Waals surface area (Å²) in [6, 6.07) is 0.410. The Labute approximate surface area is 109 Å². The van der Waals surface area contributed by atoms with E-state index in [1.807, 2.05) is 11.9 Å². The van der Waals surface area contributed by atoms with Gasteiger partial charge in [0.25, 0.3) is 0 Å². The second-order valence-corrected chi connectivity index (χ2v) is 4.92. The van der Waals surface area contributed by atoms with Gasteiger partial charge in [-0.05, 0) is 31.7 Å². The van der Waals surface area contributed by atoms with E-state index in [1.165, 1.54) is 0 Å². The number of hydrogen-bond donors (Lipinski definition) is 1. The van der Waals surface area contributed by atoms with Gasteiger partial charge >= 0.3 is 0 Å². The molecule has 2 aliphatic heterocycles. The quantitative estimate of drug-likeness (QED) is 0.823. The summed E-state index contributed by atoms with van der Waals surface area (Å²) in [6.07, 6.45) is 3.89. The highest BCUT2D eigenvalue weighted by molar-refractivity contribution is 5.85. The first kappa shape index (κ1) is 14.7. The van der Waals surface area contributed by atoms with Gasteiger partial charge in [-0.15, -0.1) is 12.4 Å². The molecular formula is C12H23ClN2O2. The van der Waals surface area contributed by atoms with Gasteiger partial charge in [0.1, 0.15) is 0 Å². The molecular weight excluding hydrogens is 240 g/mol. The van der Waals surface area contributed by atoms with E-state index in [2.05, 4.69) is 5.32 Å². The van der Waals surface area contributed by atoms with Crippen molar-refractivity contribution in [2.45, 2.75) is 31.7 Å². The van der Waals surface area contributed by atoms with Crippen molar-refractivity contribution in [2.75, 3.05) is 33.4 Å². The summed E-state index contributed by atoms with van der Waals surface area (Å²) >= 11 is 0. The van der Waals surface area contributed by atoms with Crippen molar-refractivity contribution in [1.82, 2.24) is 10.2 Å². The van der Waals surface area contributed by atoms with E-state index in [9.17, 15) is 4.79 Å². The number of ether oxygens (including phenoxy) is 1. The molecule has 0 radical (unpaired) electrons. The Hall–Kier alpha value is -0.320. The molecule has 2 atom stereocenters. The monoisotopic (exact) mass is 262 g/mol. The number of likely N-dealkylation sites (N-methyl/N-ethyl adjacent to an activating group) is 1. The molecule has 2 rings (SSSR count). The van der Waals surface area contributed by atoms with Crippen LogP contribution in [0.3, 0.4) is 0 Å². The standard InChI is InChI=1S/C12H22N2O2.ClH/c1-14(11-4-6-13-8-11)12(15)3-2-10-5-7-16-9-10;/h10-11,13H,2-9H2,1H3;1H. The van der Waals surface area contributed by atoms with E-state index >= 15 is 0 Å². The highest BCUT2D eigenvalue weighted by Crippen LogP contribution is 2.19. The summed E-state index contributed by atoms with van der Waals surface area (Å²) in [5.41, 5.74) is 0. The Morgan fingerprint density at radius 2 is 2.29 bits per heavy atom. The summed E-state index contributed by atoms with van der Waals surface area (Å²) < 4.78 is 5.31. The van der Waals surface area contributed by atoms with Gasteiger partial charge in [-0.1, -0.05) is 0 Å². The van der Waals surface area contributed by atoms with Crippen LogP contribution >= 0.6 is 12.4 Å². The molecule has 0 aromatic carbocycles. The van der Waals surface area contributed by atoms with Crippen molar-refractivity contribution >= 4 is 18.3 Å². The maximum absolute atomic E-state index is 11.9. The first-order chi connectivity index (χ1) is 7.77. The van der Waals surface area contributed by atoms with Gasteiger partial charge in [0, 0.05) is 39.3 Å². The van der Waals surface area contributed by atoms with E-state index in [0.29, 0.717) is 24.3 Å². The largest absolute Gasteiger partial charge is 0.381 e. The molecule has 2 heterocycles. The smallest absolute Gasteiger partial charge is 0.222 e. The summed E-state index contributed by atoms with van der Waals surface area (Å²) in [5, 5.41) is 3.29. The Morgan fingerprint density at radius 1 is 1.47 bits per heavy atom. The van der Waals surface area contributed by atoms with E-state index in [1.54, 1.807) is 0 Å². The molecule has 1 amide bonds. The minimum Gasteiger partial charge on any atom is -0.381 e. The number of carbonyl (C=O) groups excluding carboxylic acids is 1. The van der Waals surface area contributed by atoms with Crippen LogP contribution in [0.15, 0.2) is 0 Å². The van der Waals surface area contributed by atoms with Crippen molar-refractivity contribution in [3.05, 3.63) is 0 Å². The van der Waals surface area contributed by atoms with Gasteiger partial charge in [0.05, 0.1) is 0 Å². The van der Waals surface area contributed by atoms with E-state index in [0.717, 1.165) is 45.6 Å². The molecule has 0 bridgehead atoms. The average molecular weight is 263 g/mol. The number of hydrogen-bond acceptors (Lipinski definition) is 3. The molecule has 2 unspecified atom stereocenters. The van der Waals surface area contributed by atoms with E-state index in [4.69, 9.17) is 4.74 Å². The first-order valence-electron chi connectivity index (χ1n) is 6.31. The third kappa shape index (κ3) is 4.12. The lowest BCUT2D eigenvalue weighted by molar-refractivity contribution is -0.131. The van der Waals surface area contributed by atoms with Crippen LogP contribution in [0.2, 0.25) is 0 Å². The van der Waals surface area contributed by atoms with Crippen molar-refractivity contribution < 1.29 is 9.53 Å². The molecule has 0 aliphatic carbocycles. The van der Waals surface area contributed by atoms with Crippen molar-refractivity contribution in [1.29, 1.82) is 0 Å². The van der Waals surface area contributed by atoms with Crippen LogP contribution in [0.25, 0.3) is 0 Å². The number of halogens is 1. The van der Waals surface area contributed by atoms with Gasteiger partial charge < -0.3 is 15.0 Å². The predicted octanol–water partition coefficient (Wildman–Crippen LogP) is 1.05. The summed E-state index contributed by atoms with van der Waals surface area (Å²) in [6.45, 7) is 3.72. The second-order valence-electron chi connectivity index (χ2n) is 4.92. The Morgan fingerprint density at radius 3 is 2.88 bits per heavy atom. The van der Waals surface area contributed by atoms with Crippen LogP contribution in [0, 0.1) is 5.92 Å². The van der Waals surface area contributed by atoms with Crippen molar-refractivity contribution in [2.24, 2.45) is 5.92 Å². The maximum atomic E-state index is 11.9. The number of rotatable bonds is 4. The van der Waals surface area contributed by atoms with Crippen LogP contribution in [0.5, 0.6) is 0 Å². The minimum absolute atomic E-state index is 0. The first-order valence-corrected chi connectivity index (χ1v) is 6.31. The van der Waals surface area contributed by atoms with Crippen molar-refractivity contribution in [3.8, 4) is 0 Å². The minimum atomic E-state index is 0. The Kier molecular flexibility index (Phi) is 6.23. The number of carbonyl (C=O) groups is 1. The zero-order valence-electron chi connectivity index (χ0n) is 10.5. The fourth-order valence-electron chi connectivity index (χ4n) is 2.49. The number of nitrogens with zero attached hydrogens (tertiary/aromatic N) is 1.